The first-order valence-electron chi connectivity index (χ1n) is 6.16. The third-order valence-electron chi connectivity index (χ3n) is 2.94. The number of rotatable bonds is 4. The minimum Gasteiger partial charge on any atom is -0.399 e. The normalized spacial score (nSPS) is 11.5. The van der Waals surface area contributed by atoms with Crippen molar-refractivity contribution in [3.8, 4) is 0 Å². The van der Waals surface area contributed by atoms with Gasteiger partial charge in [-0.25, -0.2) is 13.1 Å². The van der Waals surface area contributed by atoms with Crippen LogP contribution in [-0.2, 0) is 16.6 Å². The molecule has 5 nitrogen and oxygen atoms in total. The molecule has 0 saturated heterocycles. The largest absolute Gasteiger partial charge is 0.399 e. The second-order valence-corrected chi connectivity index (χ2v) is 6.39. The Morgan fingerprint density at radius 1 is 1.20 bits per heavy atom. The van der Waals surface area contributed by atoms with Crippen molar-refractivity contribution in [1.82, 2.24) is 9.71 Å². The monoisotopic (exact) mass is 291 g/mol. The first kappa shape index (κ1) is 14.5. The molecule has 20 heavy (non-hydrogen) atoms. The van der Waals surface area contributed by atoms with Crippen LogP contribution in [0.5, 0.6) is 0 Å². The summed E-state index contributed by atoms with van der Waals surface area (Å²) in [6, 6.07) is 8.52. The summed E-state index contributed by atoms with van der Waals surface area (Å²) in [7, 11) is -3.58. The van der Waals surface area contributed by atoms with Gasteiger partial charge in [0.2, 0.25) is 10.0 Å². The van der Waals surface area contributed by atoms with Crippen molar-refractivity contribution in [2.75, 3.05) is 5.73 Å². The number of aromatic nitrogens is 1. The Morgan fingerprint density at radius 3 is 2.60 bits per heavy atom. The molecular weight excluding hydrogens is 274 g/mol. The van der Waals surface area contributed by atoms with Crippen LogP contribution in [0.1, 0.15) is 16.8 Å². The molecule has 3 N–H and O–H groups in total. The average molecular weight is 291 g/mol. The van der Waals surface area contributed by atoms with Gasteiger partial charge in [-0.2, -0.15) is 0 Å². The minimum absolute atomic E-state index is 0.198. The maximum absolute atomic E-state index is 12.3. The SMILES string of the molecule is Cc1ccc(CNS(=O)(=O)c2cc(N)ccc2C)cn1. The molecule has 0 saturated carbocycles. The van der Waals surface area contributed by atoms with Crippen LogP contribution < -0.4 is 10.5 Å². The van der Waals surface area contributed by atoms with Gasteiger partial charge in [-0.15, -0.1) is 0 Å². The maximum Gasteiger partial charge on any atom is 0.241 e. The molecule has 0 spiro atoms. The van der Waals surface area contributed by atoms with Crippen LogP contribution in [0.4, 0.5) is 5.69 Å². The van der Waals surface area contributed by atoms with Crippen LogP contribution >= 0.6 is 0 Å². The zero-order valence-corrected chi connectivity index (χ0v) is 12.2. The molecular formula is C14H17N3O2S. The van der Waals surface area contributed by atoms with Crippen LogP contribution in [0.2, 0.25) is 0 Å². The Balaban J connectivity index is 2.19. The van der Waals surface area contributed by atoms with E-state index in [0.29, 0.717) is 11.3 Å². The number of anilines is 1. The van der Waals surface area contributed by atoms with E-state index in [9.17, 15) is 8.42 Å². The lowest BCUT2D eigenvalue weighted by Gasteiger charge is -2.10. The number of nitrogens with zero attached hydrogens (tertiary/aromatic N) is 1. The molecule has 1 aromatic heterocycles. The van der Waals surface area contributed by atoms with E-state index in [0.717, 1.165) is 11.3 Å². The smallest absolute Gasteiger partial charge is 0.241 e. The van der Waals surface area contributed by atoms with Crippen LogP contribution in [0.3, 0.4) is 0 Å². The van der Waals surface area contributed by atoms with Gasteiger partial charge in [0.25, 0.3) is 0 Å². The molecule has 0 unspecified atom stereocenters. The summed E-state index contributed by atoms with van der Waals surface area (Å²) in [5.74, 6) is 0. The summed E-state index contributed by atoms with van der Waals surface area (Å²) in [6.07, 6.45) is 1.66. The predicted molar refractivity (Wildman–Crippen MR) is 78.6 cm³/mol. The summed E-state index contributed by atoms with van der Waals surface area (Å²) in [4.78, 5) is 4.34. The van der Waals surface area contributed by atoms with Gasteiger partial charge in [-0.3, -0.25) is 4.98 Å². The van der Waals surface area contributed by atoms with Gasteiger partial charge in [0.15, 0.2) is 0 Å². The fourth-order valence-electron chi connectivity index (χ4n) is 1.77. The van der Waals surface area contributed by atoms with Crippen molar-refractivity contribution in [3.63, 3.8) is 0 Å². The number of aryl methyl sites for hydroxylation is 2. The van der Waals surface area contributed by atoms with E-state index >= 15 is 0 Å². The van der Waals surface area contributed by atoms with Gasteiger partial charge < -0.3 is 5.73 Å². The highest BCUT2D eigenvalue weighted by Crippen LogP contribution is 2.18. The van der Waals surface area contributed by atoms with Gasteiger partial charge in [-0.1, -0.05) is 12.1 Å². The Bertz CT molecular complexity index is 710. The number of benzene rings is 1. The standard InChI is InChI=1S/C14H17N3O2S/c1-10-3-6-13(15)7-14(10)20(18,19)17-9-12-5-4-11(2)16-8-12/h3-8,17H,9,15H2,1-2H3. The first-order chi connectivity index (χ1) is 9.38. The topological polar surface area (TPSA) is 85.1 Å². The zero-order valence-electron chi connectivity index (χ0n) is 11.4. The fraction of sp³-hybridized carbons (Fsp3) is 0.214. The van der Waals surface area contributed by atoms with Crippen molar-refractivity contribution >= 4 is 15.7 Å². The van der Waals surface area contributed by atoms with E-state index in [1.165, 1.54) is 6.07 Å². The minimum atomic E-state index is -3.58. The molecule has 0 aliphatic rings. The van der Waals surface area contributed by atoms with Gasteiger partial charge >= 0.3 is 0 Å². The average Bonchev–Trinajstić information content (AvgIpc) is 2.41. The Morgan fingerprint density at radius 2 is 1.95 bits per heavy atom. The van der Waals surface area contributed by atoms with E-state index < -0.39 is 10.0 Å². The van der Waals surface area contributed by atoms with Crippen molar-refractivity contribution < 1.29 is 8.42 Å². The summed E-state index contributed by atoms with van der Waals surface area (Å²) in [5.41, 5.74) is 8.43. The van der Waals surface area contributed by atoms with E-state index in [4.69, 9.17) is 5.73 Å². The maximum atomic E-state index is 12.3. The molecule has 1 aromatic carbocycles. The number of hydrogen-bond donors (Lipinski definition) is 2. The van der Waals surface area contributed by atoms with Crippen molar-refractivity contribution in [2.45, 2.75) is 25.3 Å². The third-order valence-corrected chi connectivity index (χ3v) is 4.48. The van der Waals surface area contributed by atoms with Crippen molar-refractivity contribution in [2.24, 2.45) is 0 Å². The number of sulfonamides is 1. The lowest BCUT2D eigenvalue weighted by molar-refractivity contribution is 0.580. The summed E-state index contributed by atoms with van der Waals surface area (Å²) >= 11 is 0. The molecule has 0 atom stereocenters. The van der Waals surface area contributed by atoms with Crippen molar-refractivity contribution in [3.05, 3.63) is 53.3 Å². The second-order valence-electron chi connectivity index (χ2n) is 4.66. The second kappa shape index (κ2) is 5.60. The molecule has 2 aromatic rings. The molecule has 1 heterocycles. The lowest BCUT2D eigenvalue weighted by atomic mass is 10.2. The number of nitrogens with two attached hydrogens (primary N) is 1. The molecule has 0 amide bonds. The van der Waals surface area contributed by atoms with Crippen LogP contribution in [0.25, 0.3) is 0 Å². The number of pyridine rings is 1. The van der Waals surface area contributed by atoms with Gasteiger partial charge in [-0.05, 0) is 43.2 Å². The fourth-order valence-corrected chi connectivity index (χ4v) is 3.06. The highest BCUT2D eigenvalue weighted by atomic mass is 32.2. The van der Waals surface area contributed by atoms with E-state index in [2.05, 4.69) is 9.71 Å². The van der Waals surface area contributed by atoms with E-state index in [-0.39, 0.29) is 11.4 Å². The molecule has 0 fully saturated rings. The molecule has 2 rings (SSSR count). The van der Waals surface area contributed by atoms with Crippen LogP contribution in [-0.4, -0.2) is 13.4 Å². The van der Waals surface area contributed by atoms with Crippen LogP contribution in [0, 0.1) is 13.8 Å². The van der Waals surface area contributed by atoms with Crippen LogP contribution in [0.15, 0.2) is 41.4 Å². The predicted octanol–water partition coefficient (Wildman–Crippen LogP) is 1.76. The highest BCUT2D eigenvalue weighted by Gasteiger charge is 2.16. The summed E-state index contributed by atoms with van der Waals surface area (Å²) < 4.78 is 27.1. The summed E-state index contributed by atoms with van der Waals surface area (Å²) in [6.45, 7) is 3.81. The molecule has 0 bridgehead atoms. The zero-order chi connectivity index (χ0) is 14.8. The van der Waals surface area contributed by atoms with E-state index in [1.54, 1.807) is 25.3 Å². The Hall–Kier alpha value is -1.92. The lowest BCUT2D eigenvalue weighted by Crippen LogP contribution is -2.24. The third kappa shape index (κ3) is 3.34. The molecule has 0 aliphatic heterocycles. The van der Waals surface area contributed by atoms with Crippen molar-refractivity contribution in [1.29, 1.82) is 0 Å². The van der Waals surface area contributed by atoms with Gasteiger partial charge in [0.05, 0.1) is 4.90 Å². The van der Waals surface area contributed by atoms with E-state index in [1.807, 2.05) is 19.1 Å². The highest BCUT2D eigenvalue weighted by molar-refractivity contribution is 7.89. The van der Waals surface area contributed by atoms with Gasteiger partial charge in [0.1, 0.15) is 0 Å². The van der Waals surface area contributed by atoms with Gasteiger partial charge in [0, 0.05) is 24.1 Å². The summed E-state index contributed by atoms with van der Waals surface area (Å²) in [5, 5.41) is 0. The molecule has 106 valence electrons. The number of hydrogen-bond acceptors (Lipinski definition) is 4. The molecule has 0 aliphatic carbocycles. The molecule has 6 heteroatoms. The number of nitrogens with one attached hydrogen (secondary N) is 1. The Labute approximate surface area is 118 Å². The molecule has 0 radical (unpaired) electrons. The first-order valence-corrected chi connectivity index (χ1v) is 7.64. The number of nitrogen functional groups attached to an aromatic ring is 1. The Kier molecular flexibility index (Phi) is 4.06. The quantitative estimate of drug-likeness (QED) is 0.841.